The van der Waals surface area contributed by atoms with Crippen LogP contribution in [0.5, 0.6) is 0 Å². The van der Waals surface area contributed by atoms with Gasteiger partial charge in [0.25, 0.3) is 0 Å². The molecule has 3 fully saturated rings. The highest BCUT2D eigenvalue weighted by molar-refractivity contribution is 5.85. The summed E-state index contributed by atoms with van der Waals surface area (Å²) in [7, 11) is 0. The van der Waals surface area contributed by atoms with Crippen LogP contribution in [-0.2, 0) is 4.79 Å². The van der Waals surface area contributed by atoms with E-state index >= 15 is 0 Å². The molecule has 0 aromatic carbocycles. The second kappa shape index (κ2) is 5.15. The molecule has 2 aliphatic carbocycles. The average molecular weight is 259 g/mol. The fourth-order valence-electron chi connectivity index (χ4n) is 3.12. The highest BCUT2D eigenvalue weighted by Crippen LogP contribution is 2.50. The van der Waals surface area contributed by atoms with E-state index in [0.29, 0.717) is 11.8 Å². The van der Waals surface area contributed by atoms with Crippen molar-refractivity contribution >= 4 is 18.3 Å². The number of amides is 1. The minimum absolute atomic E-state index is 0. The molecular weight excluding hydrogens is 236 g/mol. The molecule has 4 heteroatoms. The van der Waals surface area contributed by atoms with Gasteiger partial charge < -0.3 is 10.6 Å². The Kier molecular flexibility index (Phi) is 3.99. The molecule has 0 aromatic heterocycles. The number of carbonyl (C=O) groups is 1. The Morgan fingerprint density at radius 1 is 1.12 bits per heavy atom. The van der Waals surface area contributed by atoms with Crippen LogP contribution in [-0.4, -0.2) is 29.9 Å². The molecule has 1 amide bonds. The maximum Gasteiger partial charge on any atom is 0.226 e. The fourth-order valence-corrected chi connectivity index (χ4v) is 3.12. The Hall–Kier alpha value is -0.280. The van der Waals surface area contributed by atoms with Crippen molar-refractivity contribution in [3.63, 3.8) is 0 Å². The fraction of sp³-hybridized carbons (Fsp3) is 0.923. The van der Waals surface area contributed by atoms with Gasteiger partial charge in [-0.15, -0.1) is 12.4 Å². The number of likely N-dealkylation sites (tertiary alicyclic amines) is 1. The molecule has 2 saturated carbocycles. The zero-order valence-electron chi connectivity index (χ0n) is 10.3. The third-order valence-corrected chi connectivity index (χ3v) is 4.31. The van der Waals surface area contributed by atoms with Crippen LogP contribution < -0.4 is 5.73 Å². The maximum absolute atomic E-state index is 12.5. The number of nitrogens with zero attached hydrogens (tertiary/aromatic N) is 1. The first-order chi connectivity index (χ1) is 7.75. The van der Waals surface area contributed by atoms with E-state index in [9.17, 15) is 4.79 Å². The largest absolute Gasteiger partial charge is 0.341 e. The Labute approximate surface area is 110 Å². The van der Waals surface area contributed by atoms with Gasteiger partial charge in [-0.1, -0.05) is 0 Å². The highest BCUT2D eigenvalue weighted by Gasteiger charge is 2.47. The smallest absolute Gasteiger partial charge is 0.226 e. The summed E-state index contributed by atoms with van der Waals surface area (Å²) in [6.07, 6.45) is 7.31. The van der Waals surface area contributed by atoms with E-state index < -0.39 is 0 Å². The lowest BCUT2D eigenvalue weighted by Gasteiger charge is -2.33. The van der Waals surface area contributed by atoms with Crippen LogP contribution in [0.15, 0.2) is 0 Å². The summed E-state index contributed by atoms with van der Waals surface area (Å²) >= 11 is 0. The molecule has 1 atom stereocenters. The molecule has 17 heavy (non-hydrogen) atoms. The lowest BCUT2D eigenvalue weighted by molar-refractivity contribution is -0.138. The SMILES string of the molecule is Cl.NC1CCCN(C(=O)C(C2CC2)C2CC2)C1. The Morgan fingerprint density at radius 2 is 1.71 bits per heavy atom. The first kappa shape index (κ1) is 13.2. The van der Waals surface area contributed by atoms with Gasteiger partial charge >= 0.3 is 0 Å². The quantitative estimate of drug-likeness (QED) is 0.839. The van der Waals surface area contributed by atoms with E-state index in [2.05, 4.69) is 4.90 Å². The molecule has 3 rings (SSSR count). The summed E-state index contributed by atoms with van der Waals surface area (Å²) in [5.41, 5.74) is 5.95. The molecule has 0 radical (unpaired) electrons. The summed E-state index contributed by atoms with van der Waals surface area (Å²) in [4.78, 5) is 14.5. The molecule has 2 N–H and O–H groups in total. The van der Waals surface area contributed by atoms with Gasteiger partial charge in [0.2, 0.25) is 5.91 Å². The number of hydrogen-bond donors (Lipinski definition) is 1. The van der Waals surface area contributed by atoms with Crippen molar-refractivity contribution in [2.24, 2.45) is 23.5 Å². The number of rotatable bonds is 3. The van der Waals surface area contributed by atoms with Crippen LogP contribution in [0, 0.1) is 17.8 Å². The molecule has 0 bridgehead atoms. The minimum atomic E-state index is 0. The van der Waals surface area contributed by atoms with Crippen molar-refractivity contribution in [2.45, 2.75) is 44.6 Å². The molecule has 1 unspecified atom stereocenters. The standard InChI is InChI=1S/C13H22N2O.ClH/c14-11-2-1-7-15(8-11)13(16)12(9-3-4-9)10-5-6-10;/h9-12H,1-8,14H2;1H. The van der Waals surface area contributed by atoms with Crippen LogP contribution >= 0.6 is 12.4 Å². The lowest BCUT2D eigenvalue weighted by Crippen LogP contribution is -2.48. The second-order valence-corrected chi connectivity index (χ2v) is 5.89. The third kappa shape index (κ3) is 2.94. The minimum Gasteiger partial charge on any atom is -0.341 e. The molecule has 0 spiro atoms. The lowest BCUT2D eigenvalue weighted by atomic mass is 9.94. The van der Waals surface area contributed by atoms with E-state index in [-0.39, 0.29) is 18.4 Å². The first-order valence-corrected chi connectivity index (χ1v) is 6.80. The average Bonchev–Trinajstić information content (AvgIpc) is 3.12. The maximum atomic E-state index is 12.5. The van der Waals surface area contributed by atoms with Crippen LogP contribution in [0.1, 0.15) is 38.5 Å². The summed E-state index contributed by atoms with van der Waals surface area (Å²) in [5, 5.41) is 0. The second-order valence-electron chi connectivity index (χ2n) is 5.89. The van der Waals surface area contributed by atoms with Crippen LogP contribution in [0.3, 0.4) is 0 Å². The van der Waals surface area contributed by atoms with Crippen LogP contribution in [0.4, 0.5) is 0 Å². The van der Waals surface area contributed by atoms with E-state index in [1.807, 2.05) is 0 Å². The van der Waals surface area contributed by atoms with Crippen LogP contribution in [0.2, 0.25) is 0 Å². The van der Waals surface area contributed by atoms with Gasteiger partial charge in [0.1, 0.15) is 0 Å². The number of piperidine rings is 1. The number of carbonyl (C=O) groups excluding carboxylic acids is 1. The first-order valence-electron chi connectivity index (χ1n) is 6.80. The number of nitrogens with two attached hydrogens (primary N) is 1. The van der Waals surface area contributed by atoms with Gasteiger partial charge in [-0.2, -0.15) is 0 Å². The Bertz CT molecular complexity index is 277. The number of halogens is 1. The van der Waals surface area contributed by atoms with Crippen molar-refractivity contribution in [1.82, 2.24) is 4.90 Å². The van der Waals surface area contributed by atoms with E-state index in [1.54, 1.807) is 0 Å². The van der Waals surface area contributed by atoms with Gasteiger partial charge in [0.15, 0.2) is 0 Å². The van der Waals surface area contributed by atoms with Gasteiger partial charge in [-0.05, 0) is 50.4 Å². The third-order valence-electron chi connectivity index (χ3n) is 4.31. The molecular formula is C13H23ClN2O. The van der Waals surface area contributed by atoms with Gasteiger partial charge in [0.05, 0.1) is 0 Å². The Balaban J connectivity index is 0.00000108. The van der Waals surface area contributed by atoms with Crippen molar-refractivity contribution in [2.75, 3.05) is 13.1 Å². The normalized spacial score (nSPS) is 29.1. The van der Waals surface area contributed by atoms with Crippen molar-refractivity contribution in [3.8, 4) is 0 Å². The summed E-state index contributed by atoms with van der Waals surface area (Å²) in [6, 6.07) is 0.219. The van der Waals surface area contributed by atoms with Crippen LogP contribution in [0.25, 0.3) is 0 Å². The molecule has 0 aromatic rings. The predicted molar refractivity (Wildman–Crippen MR) is 70.0 cm³/mol. The summed E-state index contributed by atoms with van der Waals surface area (Å²) in [6.45, 7) is 1.75. The van der Waals surface area contributed by atoms with Gasteiger partial charge in [-0.3, -0.25) is 4.79 Å². The van der Waals surface area contributed by atoms with Gasteiger partial charge in [-0.25, -0.2) is 0 Å². The van der Waals surface area contributed by atoms with Crippen molar-refractivity contribution in [1.29, 1.82) is 0 Å². The molecule has 1 aliphatic heterocycles. The van der Waals surface area contributed by atoms with E-state index in [1.165, 1.54) is 25.7 Å². The topological polar surface area (TPSA) is 46.3 Å². The molecule has 3 aliphatic rings. The van der Waals surface area contributed by atoms with Crippen molar-refractivity contribution in [3.05, 3.63) is 0 Å². The summed E-state index contributed by atoms with van der Waals surface area (Å²) < 4.78 is 0. The molecule has 3 nitrogen and oxygen atoms in total. The monoisotopic (exact) mass is 258 g/mol. The zero-order chi connectivity index (χ0) is 11.1. The summed E-state index contributed by atoms with van der Waals surface area (Å²) in [5.74, 6) is 2.24. The zero-order valence-corrected chi connectivity index (χ0v) is 11.1. The highest BCUT2D eigenvalue weighted by atomic mass is 35.5. The number of hydrogen-bond acceptors (Lipinski definition) is 2. The van der Waals surface area contributed by atoms with E-state index in [4.69, 9.17) is 5.73 Å². The Morgan fingerprint density at radius 3 is 2.18 bits per heavy atom. The van der Waals surface area contributed by atoms with Crippen molar-refractivity contribution < 1.29 is 4.79 Å². The molecule has 1 heterocycles. The van der Waals surface area contributed by atoms with E-state index in [0.717, 1.165) is 37.8 Å². The molecule has 98 valence electrons. The molecule has 1 saturated heterocycles. The predicted octanol–water partition coefficient (Wildman–Crippen LogP) is 1.79. The van der Waals surface area contributed by atoms with Gasteiger partial charge in [0, 0.05) is 25.0 Å².